The fourth-order valence-corrected chi connectivity index (χ4v) is 1.81. The van der Waals surface area contributed by atoms with Crippen molar-refractivity contribution in [2.75, 3.05) is 6.54 Å². The molecule has 6 heteroatoms. The Bertz CT molecular complexity index is 436. The van der Waals surface area contributed by atoms with Gasteiger partial charge in [-0.05, 0) is 17.7 Å². The summed E-state index contributed by atoms with van der Waals surface area (Å²) in [5, 5.41) is 20.0. The number of aliphatic hydroxyl groups excluding tert-OH is 1. The molecule has 18 heavy (non-hydrogen) atoms. The molecule has 1 amide bonds. The molecular weight excluding hydrogens is 302 g/mol. The maximum absolute atomic E-state index is 11.5. The van der Waals surface area contributed by atoms with Crippen molar-refractivity contribution in [1.29, 1.82) is 0 Å². The predicted molar refractivity (Wildman–Crippen MR) is 69.1 cm³/mol. The van der Waals surface area contributed by atoms with Crippen molar-refractivity contribution < 1.29 is 19.8 Å². The molecule has 0 aliphatic rings. The van der Waals surface area contributed by atoms with Gasteiger partial charge in [0.1, 0.15) is 0 Å². The molecule has 0 aliphatic heterocycles. The number of benzene rings is 1. The Labute approximate surface area is 113 Å². The minimum absolute atomic E-state index is 0.000439. The van der Waals surface area contributed by atoms with E-state index in [-0.39, 0.29) is 25.3 Å². The summed E-state index contributed by atoms with van der Waals surface area (Å²) >= 11 is 3.31. The highest BCUT2D eigenvalue weighted by Crippen LogP contribution is 2.11. The topological polar surface area (TPSA) is 86.6 Å². The lowest BCUT2D eigenvalue weighted by atomic mass is 10.1. The van der Waals surface area contributed by atoms with Crippen molar-refractivity contribution >= 4 is 27.8 Å². The lowest BCUT2D eigenvalue weighted by Crippen LogP contribution is -2.30. The quantitative estimate of drug-likeness (QED) is 0.729. The smallest absolute Gasteiger partial charge is 0.332 e. The van der Waals surface area contributed by atoms with Crippen molar-refractivity contribution in [3.05, 3.63) is 34.3 Å². The first-order valence-electron chi connectivity index (χ1n) is 5.41. The maximum atomic E-state index is 11.5. The zero-order valence-electron chi connectivity index (χ0n) is 9.60. The van der Waals surface area contributed by atoms with E-state index in [2.05, 4.69) is 21.2 Å². The van der Waals surface area contributed by atoms with Gasteiger partial charge in [-0.3, -0.25) is 4.79 Å². The van der Waals surface area contributed by atoms with Gasteiger partial charge in [-0.25, -0.2) is 4.79 Å². The van der Waals surface area contributed by atoms with E-state index in [9.17, 15) is 9.59 Å². The van der Waals surface area contributed by atoms with Gasteiger partial charge in [0.05, 0.1) is 6.42 Å². The average Bonchev–Trinajstić information content (AvgIpc) is 2.28. The number of amides is 1. The second-order valence-electron chi connectivity index (χ2n) is 3.80. The number of carbonyl (C=O) groups is 2. The van der Waals surface area contributed by atoms with E-state index in [1.807, 2.05) is 24.3 Å². The van der Waals surface area contributed by atoms with Crippen molar-refractivity contribution in [2.45, 2.75) is 18.9 Å². The largest absolute Gasteiger partial charge is 0.479 e. The Morgan fingerprint density at radius 2 is 2.11 bits per heavy atom. The van der Waals surface area contributed by atoms with Crippen LogP contribution in [0.1, 0.15) is 12.0 Å². The first kappa shape index (κ1) is 14.7. The number of aliphatic carboxylic acids is 1. The van der Waals surface area contributed by atoms with Crippen LogP contribution < -0.4 is 5.32 Å². The van der Waals surface area contributed by atoms with Crippen LogP contribution >= 0.6 is 15.9 Å². The summed E-state index contributed by atoms with van der Waals surface area (Å²) in [7, 11) is 0. The molecule has 0 aliphatic carbocycles. The summed E-state index contributed by atoms with van der Waals surface area (Å²) in [6, 6.07) is 7.37. The van der Waals surface area contributed by atoms with E-state index >= 15 is 0 Å². The van der Waals surface area contributed by atoms with Crippen molar-refractivity contribution in [3.8, 4) is 0 Å². The molecule has 0 radical (unpaired) electrons. The number of carboxylic acids is 1. The lowest BCUT2D eigenvalue weighted by Gasteiger charge is -2.07. The first-order chi connectivity index (χ1) is 8.49. The zero-order valence-corrected chi connectivity index (χ0v) is 11.2. The molecule has 0 bridgehead atoms. The second-order valence-corrected chi connectivity index (χ2v) is 4.72. The third-order valence-electron chi connectivity index (χ3n) is 2.28. The molecule has 1 aromatic carbocycles. The monoisotopic (exact) mass is 315 g/mol. The van der Waals surface area contributed by atoms with E-state index in [1.54, 1.807) is 0 Å². The van der Waals surface area contributed by atoms with Gasteiger partial charge in [0.15, 0.2) is 6.10 Å². The summed E-state index contributed by atoms with van der Waals surface area (Å²) in [6.45, 7) is 0.139. The van der Waals surface area contributed by atoms with Crippen molar-refractivity contribution in [1.82, 2.24) is 5.32 Å². The number of hydrogen-bond acceptors (Lipinski definition) is 3. The summed E-state index contributed by atoms with van der Waals surface area (Å²) in [4.78, 5) is 21.9. The van der Waals surface area contributed by atoms with Crippen LogP contribution in [0.3, 0.4) is 0 Å². The molecule has 0 spiro atoms. The molecule has 1 rings (SSSR count). The third-order valence-corrected chi connectivity index (χ3v) is 2.77. The highest BCUT2D eigenvalue weighted by Gasteiger charge is 2.12. The Morgan fingerprint density at radius 3 is 2.72 bits per heavy atom. The summed E-state index contributed by atoms with van der Waals surface area (Å²) in [5.41, 5.74) is 0.862. The molecule has 5 nitrogen and oxygen atoms in total. The first-order valence-corrected chi connectivity index (χ1v) is 6.20. The van der Waals surface area contributed by atoms with Crippen LogP contribution in [0.4, 0.5) is 0 Å². The Morgan fingerprint density at radius 1 is 1.39 bits per heavy atom. The maximum Gasteiger partial charge on any atom is 0.332 e. The number of nitrogens with one attached hydrogen (secondary N) is 1. The number of halogens is 1. The molecule has 0 unspecified atom stereocenters. The Hall–Kier alpha value is -1.40. The van der Waals surface area contributed by atoms with Gasteiger partial charge >= 0.3 is 5.97 Å². The van der Waals surface area contributed by atoms with Crippen LogP contribution in [0.2, 0.25) is 0 Å². The molecule has 0 saturated carbocycles. The van der Waals surface area contributed by atoms with Crippen LogP contribution in [-0.2, 0) is 16.0 Å². The van der Waals surface area contributed by atoms with Crippen molar-refractivity contribution in [3.63, 3.8) is 0 Å². The van der Waals surface area contributed by atoms with Crippen LogP contribution in [-0.4, -0.2) is 34.7 Å². The molecule has 0 saturated heterocycles. The van der Waals surface area contributed by atoms with Gasteiger partial charge in [-0.1, -0.05) is 28.1 Å². The van der Waals surface area contributed by atoms with Crippen LogP contribution in [0.15, 0.2) is 28.7 Å². The van der Waals surface area contributed by atoms with Gasteiger partial charge in [0.2, 0.25) is 5.91 Å². The van der Waals surface area contributed by atoms with Crippen LogP contribution in [0.5, 0.6) is 0 Å². The molecule has 0 fully saturated rings. The molecule has 98 valence electrons. The minimum atomic E-state index is -1.43. The van der Waals surface area contributed by atoms with E-state index < -0.39 is 12.1 Å². The molecule has 3 N–H and O–H groups in total. The van der Waals surface area contributed by atoms with Gasteiger partial charge < -0.3 is 15.5 Å². The fourth-order valence-electron chi connectivity index (χ4n) is 1.37. The zero-order chi connectivity index (χ0) is 13.5. The fraction of sp³-hybridized carbons (Fsp3) is 0.333. The number of hydrogen-bond donors (Lipinski definition) is 3. The highest BCUT2D eigenvalue weighted by molar-refractivity contribution is 9.10. The van der Waals surface area contributed by atoms with Crippen LogP contribution in [0.25, 0.3) is 0 Å². The van der Waals surface area contributed by atoms with Gasteiger partial charge in [-0.2, -0.15) is 0 Å². The van der Waals surface area contributed by atoms with Gasteiger partial charge in [0.25, 0.3) is 0 Å². The summed E-state index contributed by atoms with van der Waals surface area (Å²) in [5.74, 6) is -1.48. The standard InChI is InChI=1S/C12H14BrNO4/c13-9-3-1-2-8(6-9)7-11(16)14-5-4-10(15)12(17)18/h1-3,6,10,15H,4-5,7H2,(H,14,16)(H,17,18)/t10-/m0/s1. The van der Waals surface area contributed by atoms with Crippen LogP contribution in [0, 0.1) is 0 Å². The number of carboxylic acid groups (broad SMARTS) is 1. The minimum Gasteiger partial charge on any atom is -0.479 e. The Kier molecular flexibility index (Phi) is 5.80. The lowest BCUT2D eigenvalue weighted by molar-refractivity contribution is -0.147. The Balaban J connectivity index is 2.32. The highest BCUT2D eigenvalue weighted by atomic mass is 79.9. The SMILES string of the molecule is O=C(Cc1cccc(Br)c1)NCC[C@H](O)C(=O)O. The summed E-state index contributed by atoms with van der Waals surface area (Å²) in [6.07, 6.45) is -1.21. The molecule has 1 atom stereocenters. The van der Waals surface area contributed by atoms with E-state index in [0.29, 0.717) is 0 Å². The second kappa shape index (κ2) is 7.13. The number of rotatable bonds is 6. The molecular formula is C12H14BrNO4. The average molecular weight is 316 g/mol. The van der Waals surface area contributed by atoms with E-state index in [1.165, 1.54) is 0 Å². The third kappa shape index (κ3) is 5.29. The molecule has 0 aromatic heterocycles. The van der Waals surface area contributed by atoms with E-state index in [0.717, 1.165) is 10.0 Å². The molecule has 0 heterocycles. The number of carbonyl (C=O) groups excluding carboxylic acids is 1. The van der Waals surface area contributed by atoms with E-state index in [4.69, 9.17) is 10.2 Å². The van der Waals surface area contributed by atoms with Crippen molar-refractivity contribution in [2.24, 2.45) is 0 Å². The summed E-state index contributed by atoms with van der Waals surface area (Å²) < 4.78 is 0.897. The number of aliphatic hydroxyl groups is 1. The van der Waals surface area contributed by atoms with Gasteiger partial charge in [-0.15, -0.1) is 0 Å². The molecule has 1 aromatic rings. The normalized spacial score (nSPS) is 11.9. The predicted octanol–water partition coefficient (Wildman–Crippen LogP) is 0.943. The van der Waals surface area contributed by atoms with Gasteiger partial charge in [0, 0.05) is 17.4 Å².